The molecular formula is C19H29N3O4S. The molecule has 8 heteroatoms. The van der Waals surface area contributed by atoms with Crippen LogP contribution in [0, 0.1) is 19.8 Å². The Balaban J connectivity index is 1.83. The zero-order chi connectivity index (χ0) is 20.0. The summed E-state index contributed by atoms with van der Waals surface area (Å²) in [7, 11) is -3.61. The van der Waals surface area contributed by atoms with Gasteiger partial charge in [-0.1, -0.05) is 19.1 Å². The van der Waals surface area contributed by atoms with E-state index in [1.807, 2.05) is 19.9 Å². The standard InChI is InChI=1S/C19H29N3O4S/c1-4-18(23)22-11-5-6-16(13-22)19(24)20-9-10-21-27(25,26)17-12-14(2)7-8-15(17)3/h7-8,12,16,21H,4-6,9-11,13H2,1-3H3,(H,20,24). The summed E-state index contributed by atoms with van der Waals surface area (Å²) in [5.41, 5.74) is 1.55. The quantitative estimate of drug-likeness (QED) is 0.681. The molecule has 0 aliphatic carbocycles. The van der Waals surface area contributed by atoms with Gasteiger partial charge in [-0.15, -0.1) is 0 Å². The van der Waals surface area contributed by atoms with E-state index in [2.05, 4.69) is 10.0 Å². The molecule has 1 heterocycles. The number of benzene rings is 1. The summed E-state index contributed by atoms with van der Waals surface area (Å²) in [6.07, 6.45) is 1.99. The molecule has 1 unspecified atom stereocenters. The Bertz CT molecular complexity index is 792. The maximum absolute atomic E-state index is 12.4. The van der Waals surface area contributed by atoms with Crippen LogP contribution in [0.2, 0.25) is 0 Å². The number of hydrogen-bond acceptors (Lipinski definition) is 4. The smallest absolute Gasteiger partial charge is 0.240 e. The Morgan fingerprint density at radius 1 is 1.22 bits per heavy atom. The predicted octanol–water partition coefficient (Wildman–Crippen LogP) is 1.35. The molecule has 2 N–H and O–H groups in total. The molecule has 2 rings (SSSR count). The van der Waals surface area contributed by atoms with Gasteiger partial charge in [-0.05, 0) is 43.9 Å². The van der Waals surface area contributed by atoms with Crippen LogP contribution in [0.4, 0.5) is 0 Å². The first-order chi connectivity index (χ1) is 12.7. The van der Waals surface area contributed by atoms with Crippen molar-refractivity contribution >= 4 is 21.8 Å². The molecular weight excluding hydrogens is 366 g/mol. The van der Waals surface area contributed by atoms with Crippen LogP contribution in [0.15, 0.2) is 23.1 Å². The van der Waals surface area contributed by atoms with Crippen molar-refractivity contribution in [2.75, 3.05) is 26.2 Å². The third kappa shape index (κ3) is 5.77. The molecule has 1 aromatic carbocycles. The van der Waals surface area contributed by atoms with E-state index >= 15 is 0 Å². The number of hydrogen-bond donors (Lipinski definition) is 2. The third-order valence-electron chi connectivity index (χ3n) is 4.80. The van der Waals surface area contributed by atoms with Gasteiger partial charge in [-0.3, -0.25) is 9.59 Å². The molecule has 0 bridgehead atoms. The van der Waals surface area contributed by atoms with Gasteiger partial charge in [0.2, 0.25) is 21.8 Å². The minimum atomic E-state index is -3.61. The first-order valence-electron chi connectivity index (χ1n) is 9.37. The van der Waals surface area contributed by atoms with E-state index in [-0.39, 0.29) is 35.7 Å². The number of nitrogens with zero attached hydrogens (tertiary/aromatic N) is 1. The van der Waals surface area contributed by atoms with E-state index < -0.39 is 10.0 Å². The fraction of sp³-hybridized carbons (Fsp3) is 0.579. The molecule has 2 amide bonds. The number of likely N-dealkylation sites (tertiary alicyclic amines) is 1. The monoisotopic (exact) mass is 395 g/mol. The van der Waals surface area contributed by atoms with Crippen molar-refractivity contribution < 1.29 is 18.0 Å². The number of carbonyl (C=O) groups excluding carboxylic acids is 2. The topological polar surface area (TPSA) is 95.6 Å². The first-order valence-corrected chi connectivity index (χ1v) is 10.9. The first kappa shape index (κ1) is 21.4. The largest absolute Gasteiger partial charge is 0.354 e. The van der Waals surface area contributed by atoms with Gasteiger partial charge in [0.15, 0.2) is 0 Å². The van der Waals surface area contributed by atoms with E-state index in [9.17, 15) is 18.0 Å². The summed E-state index contributed by atoms with van der Waals surface area (Å²) >= 11 is 0. The highest BCUT2D eigenvalue weighted by Gasteiger charge is 2.27. The second-order valence-corrected chi connectivity index (χ2v) is 8.73. The molecule has 0 aromatic heterocycles. The van der Waals surface area contributed by atoms with Gasteiger partial charge in [0.05, 0.1) is 10.8 Å². The highest BCUT2D eigenvalue weighted by molar-refractivity contribution is 7.89. The predicted molar refractivity (Wildman–Crippen MR) is 104 cm³/mol. The van der Waals surface area contributed by atoms with E-state index in [1.54, 1.807) is 24.0 Å². The van der Waals surface area contributed by atoms with Crippen LogP contribution in [0.3, 0.4) is 0 Å². The minimum Gasteiger partial charge on any atom is -0.354 e. The number of rotatable bonds is 7. The number of amides is 2. The molecule has 1 aromatic rings. The van der Waals surface area contributed by atoms with Gasteiger partial charge in [-0.2, -0.15) is 0 Å². The van der Waals surface area contributed by atoms with Crippen LogP contribution in [0.25, 0.3) is 0 Å². The molecule has 1 aliphatic rings. The Kier molecular flexibility index (Phi) is 7.38. The minimum absolute atomic E-state index is 0.0637. The fourth-order valence-corrected chi connectivity index (χ4v) is 4.59. The number of aryl methyl sites for hydroxylation is 2. The van der Waals surface area contributed by atoms with Gasteiger partial charge in [0.1, 0.15) is 0 Å². The summed E-state index contributed by atoms with van der Waals surface area (Å²) in [5.74, 6) is -0.298. The van der Waals surface area contributed by atoms with E-state index in [0.29, 0.717) is 25.1 Å². The van der Waals surface area contributed by atoms with Crippen molar-refractivity contribution in [2.45, 2.75) is 44.9 Å². The van der Waals surface area contributed by atoms with Crippen molar-refractivity contribution in [3.63, 3.8) is 0 Å². The van der Waals surface area contributed by atoms with E-state index in [4.69, 9.17) is 0 Å². The average molecular weight is 396 g/mol. The lowest BCUT2D eigenvalue weighted by molar-refractivity contribution is -0.135. The number of nitrogens with one attached hydrogen (secondary N) is 2. The van der Waals surface area contributed by atoms with E-state index in [1.165, 1.54) is 0 Å². The van der Waals surface area contributed by atoms with Gasteiger partial charge in [-0.25, -0.2) is 13.1 Å². The van der Waals surface area contributed by atoms with Gasteiger partial charge in [0.25, 0.3) is 0 Å². The molecule has 0 radical (unpaired) electrons. The zero-order valence-electron chi connectivity index (χ0n) is 16.2. The Morgan fingerprint density at radius 3 is 2.67 bits per heavy atom. The Hall–Kier alpha value is -1.93. The van der Waals surface area contributed by atoms with Gasteiger partial charge >= 0.3 is 0 Å². The molecule has 1 atom stereocenters. The molecule has 1 saturated heterocycles. The van der Waals surface area contributed by atoms with Crippen LogP contribution in [0.1, 0.15) is 37.3 Å². The van der Waals surface area contributed by atoms with Crippen molar-refractivity contribution in [2.24, 2.45) is 5.92 Å². The average Bonchev–Trinajstić information content (AvgIpc) is 2.66. The van der Waals surface area contributed by atoms with Crippen LogP contribution < -0.4 is 10.0 Å². The lowest BCUT2D eigenvalue weighted by Crippen LogP contribution is -2.46. The molecule has 0 saturated carbocycles. The SMILES string of the molecule is CCC(=O)N1CCCC(C(=O)NCCNS(=O)(=O)c2cc(C)ccc2C)C1. The van der Waals surface area contributed by atoms with Crippen molar-refractivity contribution in [3.05, 3.63) is 29.3 Å². The highest BCUT2D eigenvalue weighted by atomic mass is 32.2. The maximum Gasteiger partial charge on any atom is 0.240 e. The van der Waals surface area contributed by atoms with Gasteiger partial charge < -0.3 is 10.2 Å². The van der Waals surface area contributed by atoms with Crippen LogP contribution in [-0.2, 0) is 19.6 Å². The summed E-state index contributed by atoms with van der Waals surface area (Å²) in [6.45, 7) is 6.87. The van der Waals surface area contributed by atoms with Crippen LogP contribution in [0.5, 0.6) is 0 Å². The summed E-state index contributed by atoms with van der Waals surface area (Å²) in [5, 5.41) is 2.78. The lowest BCUT2D eigenvalue weighted by atomic mass is 9.97. The Labute approximate surface area is 161 Å². The summed E-state index contributed by atoms with van der Waals surface area (Å²) < 4.78 is 27.4. The molecule has 27 heavy (non-hydrogen) atoms. The third-order valence-corrected chi connectivity index (χ3v) is 6.40. The molecule has 150 valence electrons. The molecule has 1 fully saturated rings. The highest BCUT2D eigenvalue weighted by Crippen LogP contribution is 2.18. The van der Waals surface area contributed by atoms with Crippen LogP contribution in [-0.4, -0.2) is 51.3 Å². The van der Waals surface area contributed by atoms with E-state index in [0.717, 1.165) is 18.4 Å². The molecule has 0 spiro atoms. The van der Waals surface area contributed by atoms with Crippen molar-refractivity contribution in [3.8, 4) is 0 Å². The number of piperidine rings is 1. The normalized spacial score (nSPS) is 17.6. The van der Waals surface area contributed by atoms with Crippen molar-refractivity contribution in [1.29, 1.82) is 0 Å². The maximum atomic E-state index is 12.4. The molecule has 7 nitrogen and oxygen atoms in total. The second-order valence-electron chi connectivity index (χ2n) is 6.99. The zero-order valence-corrected chi connectivity index (χ0v) is 17.1. The number of carbonyl (C=O) groups is 2. The second kappa shape index (κ2) is 9.32. The van der Waals surface area contributed by atoms with Crippen LogP contribution >= 0.6 is 0 Å². The summed E-state index contributed by atoms with van der Waals surface area (Å²) in [6, 6.07) is 5.28. The van der Waals surface area contributed by atoms with Crippen molar-refractivity contribution in [1.82, 2.24) is 14.9 Å². The molecule has 1 aliphatic heterocycles. The Morgan fingerprint density at radius 2 is 1.96 bits per heavy atom. The number of sulfonamides is 1. The van der Waals surface area contributed by atoms with Gasteiger partial charge in [0, 0.05) is 32.6 Å². The fourth-order valence-electron chi connectivity index (χ4n) is 3.23. The summed E-state index contributed by atoms with van der Waals surface area (Å²) in [4.78, 5) is 26.1. The lowest BCUT2D eigenvalue weighted by Gasteiger charge is -2.31.